The molecule has 0 unspecified atom stereocenters. The van der Waals surface area contributed by atoms with Crippen LogP contribution in [0.15, 0.2) is 18.2 Å². The van der Waals surface area contributed by atoms with Gasteiger partial charge in [-0.1, -0.05) is 31.4 Å². The average Bonchev–Trinajstić information content (AvgIpc) is 2.49. The molecule has 2 atom stereocenters. The van der Waals surface area contributed by atoms with Crippen LogP contribution in [-0.2, 0) is 0 Å². The SMILES string of the molecule is Cc1cc(C)c2nc(C)cc(C(=O)N[C@@H]3CCCC[C@H]3C)c2c1. The minimum Gasteiger partial charge on any atom is -0.349 e. The number of carbonyl (C=O) groups excluding carboxylic acids is 1. The van der Waals surface area contributed by atoms with Crippen molar-refractivity contribution in [3.8, 4) is 0 Å². The lowest BCUT2D eigenvalue weighted by molar-refractivity contribution is 0.0912. The van der Waals surface area contributed by atoms with Gasteiger partial charge in [-0.2, -0.15) is 0 Å². The van der Waals surface area contributed by atoms with E-state index in [1.54, 1.807) is 0 Å². The highest BCUT2D eigenvalue weighted by atomic mass is 16.1. The van der Waals surface area contributed by atoms with Gasteiger partial charge in [0, 0.05) is 17.1 Å². The van der Waals surface area contributed by atoms with Crippen LogP contribution in [0, 0.1) is 26.7 Å². The van der Waals surface area contributed by atoms with Crippen molar-refractivity contribution < 1.29 is 4.79 Å². The number of hydrogen-bond donors (Lipinski definition) is 1. The molecule has 2 aromatic rings. The van der Waals surface area contributed by atoms with Gasteiger partial charge in [0.15, 0.2) is 0 Å². The number of fused-ring (bicyclic) bond motifs is 1. The highest BCUT2D eigenvalue weighted by molar-refractivity contribution is 6.07. The Bertz CT molecular complexity index is 751. The summed E-state index contributed by atoms with van der Waals surface area (Å²) in [4.78, 5) is 17.5. The fourth-order valence-electron chi connectivity index (χ4n) is 3.77. The van der Waals surface area contributed by atoms with E-state index in [0.717, 1.165) is 34.1 Å². The molecule has 1 amide bonds. The standard InChI is InChI=1S/C20H26N2O/c1-12-9-14(3)19-16(10-12)17(11-15(4)21-19)20(23)22-18-8-6-5-7-13(18)2/h9-11,13,18H,5-8H2,1-4H3,(H,22,23)/t13-,18-/m1/s1. The van der Waals surface area contributed by atoms with E-state index in [4.69, 9.17) is 0 Å². The lowest BCUT2D eigenvalue weighted by atomic mass is 9.85. The summed E-state index contributed by atoms with van der Waals surface area (Å²) in [7, 11) is 0. The third kappa shape index (κ3) is 3.24. The molecule has 1 fully saturated rings. The van der Waals surface area contributed by atoms with Crippen LogP contribution in [-0.4, -0.2) is 16.9 Å². The third-order valence-electron chi connectivity index (χ3n) is 5.05. The first-order valence-electron chi connectivity index (χ1n) is 8.65. The molecule has 122 valence electrons. The maximum Gasteiger partial charge on any atom is 0.252 e. The monoisotopic (exact) mass is 310 g/mol. The zero-order valence-electron chi connectivity index (χ0n) is 14.6. The Balaban J connectivity index is 1.99. The number of nitrogens with one attached hydrogen (secondary N) is 1. The van der Waals surface area contributed by atoms with Crippen molar-refractivity contribution in [2.75, 3.05) is 0 Å². The Hall–Kier alpha value is -1.90. The molecule has 1 aliphatic rings. The molecular formula is C20H26N2O. The summed E-state index contributed by atoms with van der Waals surface area (Å²) in [6.45, 7) is 8.33. The maximum atomic E-state index is 12.9. The second-order valence-corrected chi connectivity index (χ2v) is 7.13. The van der Waals surface area contributed by atoms with Crippen LogP contribution in [0.2, 0.25) is 0 Å². The molecule has 1 aromatic carbocycles. The van der Waals surface area contributed by atoms with Gasteiger partial charge in [-0.15, -0.1) is 0 Å². The minimum atomic E-state index is 0.0456. The van der Waals surface area contributed by atoms with Crippen molar-refractivity contribution in [2.24, 2.45) is 5.92 Å². The van der Waals surface area contributed by atoms with Crippen LogP contribution in [0.3, 0.4) is 0 Å². The quantitative estimate of drug-likeness (QED) is 0.889. The molecule has 23 heavy (non-hydrogen) atoms. The molecule has 3 rings (SSSR count). The molecule has 1 heterocycles. The lowest BCUT2D eigenvalue weighted by Crippen LogP contribution is -2.41. The largest absolute Gasteiger partial charge is 0.349 e. The average molecular weight is 310 g/mol. The number of aromatic nitrogens is 1. The Morgan fingerprint density at radius 1 is 1.13 bits per heavy atom. The molecule has 0 radical (unpaired) electrons. The lowest BCUT2D eigenvalue weighted by Gasteiger charge is -2.29. The molecule has 1 aliphatic carbocycles. The minimum absolute atomic E-state index is 0.0456. The van der Waals surface area contributed by atoms with Crippen molar-refractivity contribution in [1.29, 1.82) is 0 Å². The zero-order chi connectivity index (χ0) is 16.6. The van der Waals surface area contributed by atoms with Crippen molar-refractivity contribution in [3.05, 3.63) is 40.6 Å². The van der Waals surface area contributed by atoms with Gasteiger partial charge >= 0.3 is 0 Å². The number of benzene rings is 1. The number of carbonyl (C=O) groups is 1. The van der Waals surface area contributed by atoms with Gasteiger partial charge in [-0.3, -0.25) is 9.78 Å². The maximum absolute atomic E-state index is 12.9. The van der Waals surface area contributed by atoms with E-state index in [9.17, 15) is 4.79 Å². The summed E-state index contributed by atoms with van der Waals surface area (Å²) in [6, 6.07) is 6.42. The van der Waals surface area contributed by atoms with Crippen LogP contribution >= 0.6 is 0 Å². The summed E-state index contributed by atoms with van der Waals surface area (Å²) in [5, 5.41) is 4.24. The molecule has 3 heteroatoms. The zero-order valence-corrected chi connectivity index (χ0v) is 14.6. The molecule has 3 nitrogen and oxygen atoms in total. The number of nitrogens with zero attached hydrogens (tertiary/aromatic N) is 1. The van der Waals surface area contributed by atoms with E-state index >= 15 is 0 Å². The van der Waals surface area contributed by atoms with Gasteiger partial charge in [-0.05, 0) is 57.2 Å². The van der Waals surface area contributed by atoms with Crippen LogP contribution in [0.1, 0.15) is 59.8 Å². The van der Waals surface area contributed by atoms with Crippen LogP contribution in [0.4, 0.5) is 0 Å². The van der Waals surface area contributed by atoms with Gasteiger partial charge in [0.2, 0.25) is 0 Å². The molecule has 0 bridgehead atoms. The van der Waals surface area contributed by atoms with Gasteiger partial charge in [0.05, 0.1) is 11.1 Å². The van der Waals surface area contributed by atoms with Crippen molar-refractivity contribution >= 4 is 16.8 Å². The van der Waals surface area contributed by atoms with Gasteiger partial charge in [0.25, 0.3) is 5.91 Å². The third-order valence-corrected chi connectivity index (χ3v) is 5.05. The highest BCUT2D eigenvalue weighted by Gasteiger charge is 2.24. The van der Waals surface area contributed by atoms with Crippen LogP contribution in [0.25, 0.3) is 10.9 Å². The Morgan fingerprint density at radius 2 is 1.87 bits per heavy atom. The number of aryl methyl sites for hydroxylation is 3. The first-order chi connectivity index (χ1) is 11.0. The summed E-state index contributed by atoms with van der Waals surface area (Å²) in [5.41, 5.74) is 4.89. The van der Waals surface area contributed by atoms with Crippen LogP contribution in [0.5, 0.6) is 0 Å². The summed E-state index contributed by atoms with van der Waals surface area (Å²) < 4.78 is 0. The van der Waals surface area contributed by atoms with E-state index in [1.165, 1.54) is 24.8 Å². The second kappa shape index (κ2) is 6.31. The van der Waals surface area contributed by atoms with E-state index in [-0.39, 0.29) is 5.91 Å². The summed E-state index contributed by atoms with van der Waals surface area (Å²) in [6.07, 6.45) is 4.79. The second-order valence-electron chi connectivity index (χ2n) is 7.13. The number of amides is 1. The van der Waals surface area contributed by atoms with Crippen molar-refractivity contribution in [2.45, 2.75) is 59.4 Å². The van der Waals surface area contributed by atoms with E-state index in [0.29, 0.717) is 12.0 Å². The fraction of sp³-hybridized carbons (Fsp3) is 0.500. The highest BCUT2D eigenvalue weighted by Crippen LogP contribution is 2.26. The molecule has 0 spiro atoms. The predicted octanol–water partition coefficient (Wildman–Crippen LogP) is 4.47. The number of pyridine rings is 1. The predicted molar refractivity (Wildman–Crippen MR) is 94.8 cm³/mol. The molecule has 1 aromatic heterocycles. The molecule has 1 N–H and O–H groups in total. The topological polar surface area (TPSA) is 42.0 Å². The van der Waals surface area contributed by atoms with E-state index in [1.807, 2.05) is 13.0 Å². The van der Waals surface area contributed by atoms with E-state index in [2.05, 4.69) is 43.2 Å². The normalized spacial score (nSPS) is 21.4. The Kier molecular flexibility index (Phi) is 4.38. The smallest absolute Gasteiger partial charge is 0.252 e. The number of hydrogen-bond acceptors (Lipinski definition) is 2. The molecular weight excluding hydrogens is 284 g/mol. The van der Waals surface area contributed by atoms with Crippen molar-refractivity contribution in [1.82, 2.24) is 10.3 Å². The van der Waals surface area contributed by atoms with Gasteiger partial charge in [-0.25, -0.2) is 0 Å². The van der Waals surface area contributed by atoms with Crippen LogP contribution < -0.4 is 5.32 Å². The first-order valence-corrected chi connectivity index (χ1v) is 8.65. The Labute approximate surface area is 138 Å². The van der Waals surface area contributed by atoms with Gasteiger partial charge in [0.1, 0.15) is 0 Å². The number of rotatable bonds is 2. The molecule has 0 aliphatic heterocycles. The summed E-state index contributed by atoms with van der Waals surface area (Å²) in [5.74, 6) is 0.606. The van der Waals surface area contributed by atoms with E-state index < -0.39 is 0 Å². The first kappa shape index (κ1) is 16.0. The molecule has 0 saturated heterocycles. The molecule has 1 saturated carbocycles. The Morgan fingerprint density at radius 3 is 2.61 bits per heavy atom. The van der Waals surface area contributed by atoms with Crippen molar-refractivity contribution in [3.63, 3.8) is 0 Å². The van der Waals surface area contributed by atoms with Gasteiger partial charge < -0.3 is 5.32 Å². The summed E-state index contributed by atoms with van der Waals surface area (Å²) >= 11 is 0. The fourth-order valence-corrected chi connectivity index (χ4v) is 3.77.